The number of hydrogen-bond acceptors (Lipinski definition) is 4. The smallest absolute Gasteiger partial charge is 0.320 e. The van der Waals surface area contributed by atoms with Crippen LogP contribution in [0, 0.1) is 0 Å². The summed E-state index contributed by atoms with van der Waals surface area (Å²) < 4.78 is 10.6. The highest BCUT2D eigenvalue weighted by Crippen LogP contribution is 2.49. The fourth-order valence-corrected chi connectivity index (χ4v) is 5.96. The van der Waals surface area contributed by atoms with E-state index < -0.39 is 0 Å². The van der Waals surface area contributed by atoms with Crippen molar-refractivity contribution in [1.29, 1.82) is 0 Å². The topological polar surface area (TPSA) is 45.3 Å². The van der Waals surface area contributed by atoms with Gasteiger partial charge in [0.2, 0.25) is 0 Å². The SMILES string of the molecule is COCCCN1C(=O)N(Cc2ccc(OC)cc2)CC12CCC(c1ccccc1)(N(C)C)CC2. The number of urea groups is 1. The maximum Gasteiger partial charge on any atom is 0.320 e. The van der Waals surface area contributed by atoms with Crippen molar-refractivity contribution in [3.8, 4) is 5.75 Å². The van der Waals surface area contributed by atoms with Crippen LogP contribution in [-0.2, 0) is 16.8 Å². The number of amides is 2. The third kappa shape index (κ3) is 4.66. The average molecular weight is 466 g/mol. The van der Waals surface area contributed by atoms with E-state index >= 15 is 0 Å². The maximum absolute atomic E-state index is 13.6. The van der Waals surface area contributed by atoms with Crippen molar-refractivity contribution in [1.82, 2.24) is 14.7 Å². The number of ether oxygens (including phenoxy) is 2. The lowest BCUT2D eigenvalue weighted by molar-refractivity contribution is 0.0223. The van der Waals surface area contributed by atoms with Gasteiger partial charge >= 0.3 is 6.03 Å². The van der Waals surface area contributed by atoms with Crippen LogP contribution in [0.5, 0.6) is 5.75 Å². The summed E-state index contributed by atoms with van der Waals surface area (Å²) in [5.74, 6) is 0.836. The second-order valence-electron chi connectivity index (χ2n) is 10.0. The third-order valence-corrected chi connectivity index (χ3v) is 8.00. The van der Waals surface area contributed by atoms with Crippen molar-refractivity contribution < 1.29 is 14.3 Å². The first-order valence-electron chi connectivity index (χ1n) is 12.4. The summed E-state index contributed by atoms with van der Waals surface area (Å²) in [6, 6.07) is 19.1. The lowest BCUT2D eigenvalue weighted by Gasteiger charge is -2.51. The molecule has 0 aromatic heterocycles. The molecule has 4 rings (SSSR count). The Bertz CT molecular complexity index is 937. The molecule has 6 heteroatoms. The lowest BCUT2D eigenvalue weighted by atomic mass is 9.68. The summed E-state index contributed by atoms with van der Waals surface area (Å²) in [7, 11) is 7.78. The van der Waals surface area contributed by atoms with Gasteiger partial charge in [-0.3, -0.25) is 4.90 Å². The highest BCUT2D eigenvalue weighted by Gasteiger charge is 2.54. The van der Waals surface area contributed by atoms with Gasteiger partial charge in [0.1, 0.15) is 5.75 Å². The van der Waals surface area contributed by atoms with Gasteiger partial charge in [0.05, 0.1) is 12.6 Å². The van der Waals surface area contributed by atoms with Crippen molar-refractivity contribution in [2.24, 2.45) is 0 Å². The largest absolute Gasteiger partial charge is 0.497 e. The van der Waals surface area contributed by atoms with Crippen LogP contribution in [0.4, 0.5) is 4.79 Å². The second kappa shape index (κ2) is 10.4. The minimum atomic E-state index is -0.119. The zero-order valence-electron chi connectivity index (χ0n) is 21.1. The van der Waals surface area contributed by atoms with Crippen LogP contribution in [-0.4, -0.2) is 74.3 Å². The Morgan fingerprint density at radius 2 is 1.62 bits per heavy atom. The van der Waals surface area contributed by atoms with Gasteiger partial charge in [-0.15, -0.1) is 0 Å². The quantitative estimate of drug-likeness (QED) is 0.502. The number of nitrogens with zero attached hydrogens (tertiary/aromatic N) is 3. The van der Waals surface area contributed by atoms with E-state index in [0.29, 0.717) is 13.2 Å². The van der Waals surface area contributed by atoms with Gasteiger partial charge in [0, 0.05) is 38.9 Å². The van der Waals surface area contributed by atoms with Crippen molar-refractivity contribution in [2.75, 3.05) is 48.0 Å². The minimum Gasteiger partial charge on any atom is -0.497 e. The Morgan fingerprint density at radius 1 is 0.941 bits per heavy atom. The highest BCUT2D eigenvalue weighted by molar-refractivity contribution is 5.78. The summed E-state index contributed by atoms with van der Waals surface area (Å²) in [6.45, 7) is 2.82. The normalized spacial score (nSPS) is 24.9. The molecule has 34 heavy (non-hydrogen) atoms. The molecular formula is C28H39N3O3. The number of hydrogen-bond donors (Lipinski definition) is 0. The Hall–Kier alpha value is -2.57. The molecule has 0 unspecified atom stereocenters. The molecule has 2 aliphatic rings. The molecular weight excluding hydrogens is 426 g/mol. The molecule has 1 spiro atoms. The van der Waals surface area contributed by atoms with Crippen LogP contribution in [0.3, 0.4) is 0 Å². The predicted octanol–water partition coefficient (Wildman–Crippen LogP) is 4.74. The van der Waals surface area contributed by atoms with Crippen LogP contribution in [0.15, 0.2) is 54.6 Å². The molecule has 0 bridgehead atoms. The van der Waals surface area contributed by atoms with Crippen LogP contribution >= 0.6 is 0 Å². The number of carbonyl (C=O) groups excluding carboxylic acids is 1. The summed E-state index contributed by atoms with van der Waals surface area (Å²) in [5, 5.41) is 0. The molecule has 2 aromatic rings. The Kier molecular flexibility index (Phi) is 7.48. The monoisotopic (exact) mass is 465 g/mol. The molecule has 0 N–H and O–H groups in total. The molecule has 184 valence electrons. The zero-order valence-corrected chi connectivity index (χ0v) is 21.1. The van der Waals surface area contributed by atoms with Crippen LogP contribution < -0.4 is 4.74 Å². The van der Waals surface area contributed by atoms with E-state index in [9.17, 15) is 4.79 Å². The molecule has 2 amide bonds. The van der Waals surface area contributed by atoms with E-state index in [2.05, 4.69) is 66.4 Å². The molecule has 1 aliphatic carbocycles. The molecule has 1 aliphatic heterocycles. The summed E-state index contributed by atoms with van der Waals surface area (Å²) in [4.78, 5) is 20.2. The van der Waals surface area contributed by atoms with Gasteiger partial charge < -0.3 is 19.3 Å². The van der Waals surface area contributed by atoms with E-state index in [4.69, 9.17) is 9.47 Å². The minimum absolute atomic E-state index is 0.0111. The highest BCUT2D eigenvalue weighted by atomic mass is 16.5. The summed E-state index contributed by atoms with van der Waals surface area (Å²) in [6.07, 6.45) is 4.93. The van der Waals surface area contributed by atoms with Gasteiger partial charge in [-0.2, -0.15) is 0 Å². The average Bonchev–Trinajstić information content (AvgIpc) is 3.11. The Labute approximate surface area is 204 Å². The fraction of sp³-hybridized carbons (Fsp3) is 0.536. The van der Waals surface area contributed by atoms with Crippen LogP contribution in [0.2, 0.25) is 0 Å². The first-order chi connectivity index (χ1) is 16.4. The molecule has 0 radical (unpaired) electrons. The standard InChI is InChI=1S/C28H39N3O3/c1-29(2)28(24-9-6-5-7-10-24)17-15-27(16-18-28)22-30(26(32)31(27)19-8-20-33-3)21-23-11-13-25(34-4)14-12-23/h5-7,9-14H,8,15-22H2,1-4H3. The molecule has 2 aromatic carbocycles. The molecule has 0 atom stereocenters. The van der Waals surface area contributed by atoms with Gasteiger partial charge in [-0.25, -0.2) is 4.79 Å². The second-order valence-corrected chi connectivity index (χ2v) is 10.0. The molecule has 1 heterocycles. The van der Waals surface area contributed by atoms with Crippen molar-refractivity contribution in [3.05, 3.63) is 65.7 Å². The van der Waals surface area contributed by atoms with E-state index in [1.165, 1.54) is 5.56 Å². The van der Waals surface area contributed by atoms with Crippen LogP contribution in [0.25, 0.3) is 0 Å². The van der Waals surface area contributed by atoms with Gasteiger partial charge in [-0.1, -0.05) is 42.5 Å². The fourth-order valence-electron chi connectivity index (χ4n) is 5.96. The van der Waals surface area contributed by atoms with Crippen molar-refractivity contribution in [3.63, 3.8) is 0 Å². The molecule has 1 saturated carbocycles. The number of carbonyl (C=O) groups is 1. The molecule has 1 saturated heterocycles. The number of rotatable bonds is 9. The van der Waals surface area contributed by atoms with E-state index in [1.54, 1.807) is 14.2 Å². The summed E-state index contributed by atoms with van der Waals surface area (Å²) in [5.41, 5.74) is 2.40. The zero-order chi connectivity index (χ0) is 24.2. The molecule has 6 nitrogen and oxygen atoms in total. The molecule has 2 fully saturated rings. The van der Waals surface area contributed by atoms with E-state index in [0.717, 1.165) is 56.5 Å². The number of benzene rings is 2. The van der Waals surface area contributed by atoms with Gasteiger partial charge in [0.15, 0.2) is 0 Å². The maximum atomic E-state index is 13.6. The first-order valence-corrected chi connectivity index (χ1v) is 12.4. The van der Waals surface area contributed by atoms with E-state index in [1.807, 2.05) is 17.0 Å². The first kappa shape index (κ1) is 24.6. The van der Waals surface area contributed by atoms with Gasteiger partial charge in [-0.05, 0) is 69.5 Å². The Balaban J connectivity index is 1.56. The predicted molar refractivity (Wildman–Crippen MR) is 135 cm³/mol. The third-order valence-electron chi connectivity index (χ3n) is 8.00. The lowest BCUT2D eigenvalue weighted by Crippen LogP contribution is -2.55. The summed E-state index contributed by atoms with van der Waals surface area (Å²) >= 11 is 0. The van der Waals surface area contributed by atoms with Crippen LogP contribution in [0.1, 0.15) is 43.2 Å². The van der Waals surface area contributed by atoms with E-state index in [-0.39, 0.29) is 17.1 Å². The number of methoxy groups -OCH3 is 2. The van der Waals surface area contributed by atoms with Crippen molar-refractivity contribution >= 4 is 6.03 Å². The Morgan fingerprint density at radius 3 is 2.21 bits per heavy atom. The van der Waals surface area contributed by atoms with Gasteiger partial charge in [0.25, 0.3) is 0 Å². The van der Waals surface area contributed by atoms with Crippen molar-refractivity contribution in [2.45, 2.75) is 49.7 Å².